The Morgan fingerprint density at radius 3 is 2.05 bits per heavy atom. The minimum Gasteiger partial charge on any atom is -0.399 e. The van der Waals surface area contributed by atoms with Crippen LogP contribution >= 0.6 is 31.9 Å². The fraction of sp³-hybridized carbons (Fsp3) is 0.538. The van der Waals surface area contributed by atoms with Gasteiger partial charge < -0.3 is 5.73 Å². The van der Waals surface area contributed by atoms with Crippen molar-refractivity contribution < 1.29 is 8.42 Å². The Labute approximate surface area is 136 Å². The van der Waals surface area contributed by atoms with Gasteiger partial charge in [-0.2, -0.15) is 0 Å². The number of rotatable bonds is 3. The second kappa shape index (κ2) is 6.77. The first-order chi connectivity index (χ1) is 9.40. The number of nitrogen functional groups attached to an aromatic ring is 1. The Hall–Kier alpha value is -0.110. The highest BCUT2D eigenvalue weighted by molar-refractivity contribution is 9.11. The molecule has 1 aliphatic carbocycles. The van der Waals surface area contributed by atoms with Crippen molar-refractivity contribution in [3.8, 4) is 0 Å². The van der Waals surface area contributed by atoms with Crippen LogP contribution in [-0.4, -0.2) is 14.5 Å². The van der Waals surface area contributed by atoms with Gasteiger partial charge in [0.25, 0.3) is 0 Å². The molecule has 1 aliphatic rings. The van der Waals surface area contributed by atoms with Gasteiger partial charge in [0.05, 0.1) is 0 Å². The number of halogens is 2. The second-order valence-corrected chi connectivity index (χ2v) is 8.48. The monoisotopic (exact) mass is 424 g/mol. The predicted octanol–water partition coefficient (Wildman–Crippen LogP) is 3.79. The SMILES string of the molecule is Nc1cc(Br)c(S(=O)(=O)NC2CCCCCC2)c(Br)c1. The van der Waals surface area contributed by atoms with Crippen LogP contribution in [0.5, 0.6) is 0 Å². The quantitative estimate of drug-likeness (QED) is 0.571. The van der Waals surface area contributed by atoms with Crippen molar-refractivity contribution in [2.75, 3.05) is 5.73 Å². The van der Waals surface area contributed by atoms with Crippen molar-refractivity contribution in [2.45, 2.75) is 49.5 Å². The van der Waals surface area contributed by atoms with Crippen LogP contribution in [0, 0.1) is 0 Å². The van der Waals surface area contributed by atoms with E-state index >= 15 is 0 Å². The van der Waals surface area contributed by atoms with E-state index < -0.39 is 10.0 Å². The highest BCUT2D eigenvalue weighted by atomic mass is 79.9. The van der Waals surface area contributed by atoms with Crippen LogP contribution in [0.1, 0.15) is 38.5 Å². The summed E-state index contributed by atoms with van der Waals surface area (Å²) in [4.78, 5) is 0.218. The Morgan fingerprint density at radius 2 is 1.55 bits per heavy atom. The van der Waals surface area contributed by atoms with Gasteiger partial charge in [-0.25, -0.2) is 13.1 Å². The van der Waals surface area contributed by atoms with E-state index in [1.54, 1.807) is 12.1 Å². The van der Waals surface area contributed by atoms with Crippen molar-refractivity contribution in [3.05, 3.63) is 21.1 Å². The van der Waals surface area contributed by atoms with Gasteiger partial charge in [-0.05, 0) is 56.8 Å². The summed E-state index contributed by atoms with van der Waals surface area (Å²) in [5, 5.41) is 0. The van der Waals surface area contributed by atoms with Crippen LogP contribution in [0.3, 0.4) is 0 Å². The molecule has 112 valence electrons. The molecular formula is C13H18Br2N2O2S. The molecule has 0 bridgehead atoms. The van der Waals surface area contributed by atoms with Gasteiger partial charge in [0.1, 0.15) is 4.90 Å². The summed E-state index contributed by atoms with van der Waals surface area (Å²) in [6.45, 7) is 0. The number of benzene rings is 1. The lowest BCUT2D eigenvalue weighted by Crippen LogP contribution is -2.34. The van der Waals surface area contributed by atoms with Crippen LogP contribution in [0.2, 0.25) is 0 Å². The Balaban J connectivity index is 2.26. The van der Waals surface area contributed by atoms with E-state index in [1.165, 1.54) is 12.8 Å². The van der Waals surface area contributed by atoms with Gasteiger partial charge >= 0.3 is 0 Å². The lowest BCUT2D eigenvalue weighted by Gasteiger charge is -2.18. The lowest BCUT2D eigenvalue weighted by atomic mass is 10.1. The fourth-order valence-corrected chi connectivity index (χ4v) is 6.44. The van der Waals surface area contributed by atoms with E-state index in [9.17, 15) is 8.42 Å². The predicted molar refractivity (Wildman–Crippen MR) is 88.1 cm³/mol. The van der Waals surface area contributed by atoms with E-state index in [1.807, 2.05) is 0 Å². The van der Waals surface area contributed by atoms with Crippen molar-refractivity contribution in [1.82, 2.24) is 4.72 Å². The number of nitrogens with two attached hydrogens (primary N) is 1. The van der Waals surface area contributed by atoms with Crippen molar-refractivity contribution in [3.63, 3.8) is 0 Å². The average molecular weight is 426 g/mol. The summed E-state index contributed by atoms with van der Waals surface area (Å²) in [5.74, 6) is 0. The zero-order valence-electron chi connectivity index (χ0n) is 11.0. The minimum absolute atomic E-state index is 0.0267. The van der Waals surface area contributed by atoms with Gasteiger partial charge in [0, 0.05) is 20.7 Å². The van der Waals surface area contributed by atoms with Gasteiger partial charge in [0.2, 0.25) is 10.0 Å². The van der Waals surface area contributed by atoms with Crippen LogP contribution in [0.4, 0.5) is 5.69 Å². The molecule has 0 saturated heterocycles. The lowest BCUT2D eigenvalue weighted by molar-refractivity contribution is 0.509. The number of nitrogens with one attached hydrogen (secondary N) is 1. The van der Waals surface area contributed by atoms with E-state index in [2.05, 4.69) is 36.6 Å². The molecule has 1 fully saturated rings. The third kappa shape index (κ3) is 3.96. The Morgan fingerprint density at radius 1 is 1.05 bits per heavy atom. The smallest absolute Gasteiger partial charge is 0.243 e. The molecular weight excluding hydrogens is 408 g/mol. The first-order valence-corrected chi connectivity index (χ1v) is 9.74. The summed E-state index contributed by atoms with van der Waals surface area (Å²) in [6, 6.07) is 3.23. The summed E-state index contributed by atoms with van der Waals surface area (Å²) in [5.41, 5.74) is 6.21. The average Bonchev–Trinajstić information content (AvgIpc) is 2.54. The molecule has 0 amide bonds. The molecule has 4 nitrogen and oxygen atoms in total. The molecule has 0 aromatic heterocycles. The van der Waals surface area contributed by atoms with E-state index in [0.29, 0.717) is 14.6 Å². The molecule has 1 saturated carbocycles. The summed E-state index contributed by atoms with van der Waals surface area (Å²) >= 11 is 6.57. The van der Waals surface area contributed by atoms with Crippen molar-refractivity contribution in [2.24, 2.45) is 0 Å². The Kier molecular flexibility index (Phi) is 5.50. The molecule has 0 unspecified atom stereocenters. The molecule has 0 atom stereocenters. The zero-order valence-corrected chi connectivity index (χ0v) is 15.0. The molecule has 0 heterocycles. The third-order valence-electron chi connectivity index (χ3n) is 3.47. The third-order valence-corrected chi connectivity index (χ3v) is 6.86. The van der Waals surface area contributed by atoms with Crippen molar-refractivity contribution >= 4 is 47.6 Å². The molecule has 1 aromatic rings. The van der Waals surface area contributed by atoms with E-state index in [-0.39, 0.29) is 10.9 Å². The fourth-order valence-electron chi connectivity index (χ4n) is 2.51. The first-order valence-electron chi connectivity index (χ1n) is 6.67. The standard InChI is InChI=1S/C13H18Br2N2O2S/c14-11-7-9(16)8-12(15)13(11)20(18,19)17-10-5-3-1-2-4-6-10/h7-8,10,17H,1-6,16H2. The second-order valence-electron chi connectivity index (χ2n) is 5.12. The molecule has 2 rings (SSSR count). The number of hydrogen-bond acceptors (Lipinski definition) is 3. The zero-order chi connectivity index (χ0) is 14.8. The highest BCUT2D eigenvalue weighted by Crippen LogP contribution is 2.33. The topological polar surface area (TPSA) is 72.2 Å². The molecule has 7 heteroatoms. The van der Waals surface area contributed by atoms with Gasteiger partial charge in [-0.15, -0.1) is 0 Å². The number of anilines is 1. The van der Waals surface area contributed by atoms with E-state index in [4.69, 9.17) is 5.73 Å². The first kappa shape index (κ1) is 16.3. The van der Waals surface area contributed by atoms with Crippen LogP contribution < -0.4 is 10.5 Å². The van der Waals surface area contributed by atoms with Gasteiger partial charge in [0.15, 0.2) is 0 Å². The van der Waals surface area contributed by atoms with Crippen LogP contribution in [0.25, 0.3) is 0 Å². The number of sulfonamides is 1. The molecule has 0 radical (unpaired) electrons. The highest BCUT2D eigenvalue weighted by Gasteiger charge is 2.25. The Bertz CT molecular complexity index is 559. The maximum Gasteiger partial charge on any atom is 0.243 e. The molecule has 0 aliphatic heterocycles. The van der Waals surface area contributed by atoms with Gasteiger partial charge in [-0.1, -0.05) is 25.7 Å². The summed E-state index contributed by atoms with van der Waals surface area (Å²) in [7, 11) is -3.55. The minimum atomic E-state index is -3.55. The maximum atomic E-state index is 12.6. The normalized spacial score (nSPS) is 17.9. The molecule has 0 spiro atoms. The van der Waals surface area contributed by atoms with Crippen LogP contribution in [-0.2, 0) is 10.0 Å². The summed E-state index contributed by atoms with van der Waals surface area (Å²) in [6.07, 6.45) is 6.35. The summed E-state index contributed by atoms with van der Waals surface area (Å²) < 4.78 is 28.9. The van der Waals surface area contributed by atoms with E-state index in [0.717, 1.165) is 25.7 Å². The largest absolute Gasteiger partial charge is 0.399 e. The van der Waals surface area contributed by atoms with Gasteiger partial charge in [-0.3, -0.25) is 0 Å². The number of hydrogen-bond donors (Lipinski definition) is 2. The maximum absolute atomic E-state index is 12.6. The van der Waals surface area contributed by atoms with Crippen LogP contribution in [0.15, 0.2) is 26.0 Å². The molecule has 3 N–H and O–H groups in total. The molecule has 20 heavy (non-hydrogen) atoms. The molecule has 1 aromatic carbocycles. The van der Waals surface area contributed by atoms with Crippen molar-refractivity contribution in [1.29, 1.82) is 0 Å².